The van der Waals surface area contributed by atoms with Gasteiger partial charge in [0.1, 0.15) is 5.82 Å². The number of halogens is 1. The van der Waals surface area contributed by atoms with Gasteiger partial charge in [0.15, 0.2) is 0 Å². The molecule has 0 saturated carbocycles. The van der Waals surface area contributed by atoms with E-state index in [1.54, 1.807) is 24.4 Å². The van der Waals surface area contributed by atoms with Crippen molar-refractivity contribution >= 4 is 49.3 Å². The SMILES string of the molecule is Nc1nccc2c(Br)cc3cc(C(=O)O)ccc3c12. The Balaban J connectivity index is 2.51. The van der Waals surface area contributed by atoms with E-state index in [0.29, 0.717) is 5.82 Å². The number of carboxylic acid groups (broad SMARTS) is 1. The van der Waals surface area contributed by atoms with Crippen molar-refractivity contribution in [1.82, 2.24) is 4.98 Å². The number of benzene rings is 2. The lowest BCUT2D eigenvalue weighted by Gasteiger charge is -2.08. The molecule has 0 spiro atoms. The number of aromatic carboxylic acids is 1. The van der Waals surface area contributed by atoms with E-state index >= 15 is 0 Å². The summed E-state index contributed by atoms with van der Waals surface area (Å²) >= 11 is 3.48. The summed E-state index contributed by atoms with van der Waals surface area (Å²) in [6.07, 6.45) is 1.65. The quantitative estimate of drug-likeness (QED) is 0.674. The zero-order chi connectivity index (χ0) is 13.6. The van der Waals surface area contributed by atoms with Gasteiger partial charge in [-0.25, -0.2) is 9.78 Å². The lowest BCUT2D eigenvalue weighted by atomic mass is 10.0. The number of hydrogen-bond donors (Lipinski definition) is 2. The van der Waals surface area contributed by atoms with Gasteiger partial charge in [0.2, 0.25) is 0 Å². The van der Waals surface area contributed by atoms with E-state index in [1.165, 1.54) is 0 Å². The highest BCUT2D eigenvalue weighted by atomic mass is 79.9. The minimum atomic E-state index is -0.947. The zero-order valence-corrected chi connectivity index (χ0v) is 11.3. The van der Waals surface area contributed by atoms with Crippen LogP contribution >= 0.6 is 15.9 Å². The highest BCUT2D eigenvalue weighted by Crippen LogP contribution is 2.34. The third kappa shape index (κ3) is 1.82. The average Bonchev–Trinajstić information content (AvgIpc) is 2.38. The summed E-state index contributed by atoms with van der Waals surface area (Å²) in [6.45, 7) is 0. The number of nitrogen functional groups attached to an aromatic ring is 1. The Morgan fingerprint density at radius 3 is 2.74 bits per heavy atom. The fourth-order valence-electron chi connectivity index (χ4n) is 2.22. The number of fused-ring (bicyclic) bond motifs is 3. The highest BCUT2D eigenvalue weighted by molar-refractivity contribution is 9.10. The Hall–Kier alpha value is -2.14. The van der Waals surface area contributed by atoms with Crippen molar-refractivity contribution in [1.29, 1.82) is 0 Å². The van der Waals surface area contributed by atoms with Crippen LogP contribution in [0.5, 0.6) is 0 Å². The number of carboxylic acids is 1. The van der Waals surface area contributed by atoms with E-state index in [1.807, 2.05) is 12.1 Å². The van der Waals surface area contributed by atoms with E-state index in [2.05, 4.69) is 20.9 Å². The Morgan fingerprint density at radius 1 is 1.21 bits per heavy atom. The first kappa shape index (κ1) is 11.9. The van der Waals surface area contributed by atoms with Crippen molar-refractivity contribution in [3.8, 4) is 0 Å². The highest BCUT2D eigenvalue weighted by Gasteiger charge is 2.10. The molecule has 0 aliphatic carbocycles. The van der Waals surface area contributed by atoms with Crippen molar-refractivity contribution < 1.29 is 9.90 Å². The van der Waals surface area contributed by atoms with Gasteiger partial charge in [-0.05, 0) is 35.0 Å². The molecule has 0 aliphatic heterocycles. The van der Waals surface area contributed by atoms with Gasteiger partial charge in [-0.2, -0.15) is 0 Å². The number of hydrogen-bond acceptors (Lipinski definition) is 3. The molecule has 0 unspecified atom stereocenters. The summed E-state index contributed by atoms with van der Waals surface area (Å²) in [7, 11) is 0. The molecule has 0 saturated heterocycles. The van der Waals surface area contributed by atoms with Crippen LogP contribution < -0.4 is 5.73 Å². The number of rotatable bonds is 1. The molecule has 0 fully saturated rings. The van der Waals surface area contributed by atoms with Crippen molar-refractivity contribution in [2.75, 3.05) is 5.73 Å². The normalized spacial score (nSPS) is 11.0. The summed E-state index contributed by atoms with van der Waals surface area (Å²) in [5, 5.41) is 12.5. The molecule has 94 valence electrons. The van der Waals surface area contributed by atoms with Crippen LogP contribution in [-0.2, 0) is 0 Å². The second-order valence-electron chi connectivity index (χ2n) is 4.22. The van der Waals surface area contributed by atoms with Crippen molar-refractivity contribution in [2.24, 2.45) is 0 Å². The second-order valence-corrected chi connectivity index (χ2v) is 5.07. The molecule has 0 aliphatic rings. The van der Waals surface area contributed by atoms with E-state index in [0.717, 1.165) is 26.0 Å². The van der Waals surface area contributed by atoms with Crippen LogP contribution in [0.3, 0.4) is 0 Å². The third-order valence-electron chi connectivity index (χ3n) is 3.09. The largest absolute Gasteiger partial charge is 0.478 e. The molecule has 1 aromatic heterocycles. The summed E-state index contributed by atoms with van der Waals surface area (Å²) in [5.41, 5.74) is 6.19. The Kier molecular flexibility index (Phi) is 2.64. The lowest BCUT2D eigenvalue weighted by Crippen LogP contribution is -1.96. The number of carbonyl (C=O) groups is 1. The van der Waals surface area contributed by atoms with Crippen LogP contribution in [0.2, 0.25) is 0 Å². The molecule has 1 heterocycles. The van der Waals surface area contributed by atoms with Crippen LogP contribution in [0.1, 0.15) is 10.4 Å². The maximum Gasteiger partial charge on any atom is 0.335 e. The topological polar surface area (TPSA) is 76.2 Å². The number of nitrogens with zero attached hydrogens (tertiary/aromatic N) is 1. The van der Waals surface area contributed by atoms with Crippen molar-refractivity contribution in [3.05, 3.63) is 46.6 Å². The molecule has 3 rings (SSSR count). The first-order chi connectivity index (χ1) is 9.08. The van der Waals surface area contributed by atoms with E-state index in [4.69, 9.17) is 10.8 Å². The predicted molar refractivity (Wildman–Crippen MR) is 78.3 cm³/mol. The number of pyridine rings is 1. The Bertz CT molecular complexity index is 830. The summed E-state index contributed by atoms with van der Waals surface area (Å²) in [4.78, 5) is 15.1. The first-order valence-corrected chi connectivity index (χ1v) is 6.37. The molecule has 0 bridgehead atoms. The van der Waals surface area contributed by atoms with Gasteiger partial charge in [0, 0.05) is 21.4 Å². The molecule has 0 atom stereocenters. The Morgan fingerprint density at radius 2 is 2.00 bits per heavy atom. The summed E-state index contributed by atoms with van der Waals surface area (Å²) in [6, 6.07) is 8.74. The zero-order valence-electron chi connectivity index (χ0n) is 9.72. The van der Waals surface area contributed by atoms with Crippen LogP contribution in [0.15, 0.2) is 41.0 Å². The first-order valence-electron chi connectivity index (χ1n) is 5.57. The van der Waals surface area contributed by atoms with Gasteiger partial charge in [0.05, 0.1) is 5.56 Å². The molecule has 3 N–H and O–H groups in total. The van der Waals surface area contributed by atoms with Gasteiger partial charge in [0.25, 0.3) is 0 Å². The average molecular weight is 317 g/mol. The van der Waals surface area contributed by atoms with Gasteiger partial charge in [-0.15, -0.1) is 0 Å². The number of nitrogens with two attached hydrogens (primary N) is 1. The molecule has 19 heavy (non-hydrogen) atoms. The standard InChI is InChI=1S/C14H9BrN2O2/c15-11-6-8-5-7(14(18)19)1-2-9(8)12-10(11)3-4-17-13(12)16/h1-6H,(H2,16,17)(H,18,19). The molecular weight excluding hydrogens is 308 g/mol. The van der Waals surface area contributed by atoms with E-state index in [-0.39, 0.29) is 5.56 Å². The molecule has 4 nitrogen and oxygen atoms in total. The van der Waals surface area contributed by atoms with Crippen molar-refractivity contribution in [3.63, 3.8) is 0 Å². The summed E-state index contributed by atoms with van der Waals surface area (Å²) < 4.78 is 0.867. The smallest absolute Gasteiger partial charge is 0.335 e. The lowest BCUT2D eigenvalue weighted by molar-refractivity contribution is 0.0697. The van der Waals surface area contributed by atoms with Gasteiger partial charge < -0.3 is 10.8 Å². The molecule has 0 radical (unpaired) electrons. The second kappa shape index (κ2) is 4.20. The fraction of sp³-hybridized carbons (Fsp3) is 0. The fourth-order valence-corrected chi connectivity index (χ4v) is 2.79. The molecule has 0 amide bonds. The molecular formula is C14H9BrN2O2. The van der Waals surface area contributed by atoms with Gasteiger partial charge >= 0.3 is 5.97 Å². The number of anilines is 1. The van der Waals surface area contributed by atoms with Gasteiger partial charge in [-0.3, -0.25) is 0 Å². The maximum absolute atomic E-state index is 11.0. The monoisotopic (exact) mass is 316 g/mol. The molecule has 2 aromatic carbocycles. The van der Waals surface area contributed by atoms with Crippen LogP contribution in [0.4, 0.5) is 5.82 Å². The number of aromatic nitrogens is 1. The van der Waals surface area contributed by atoms with E-state index < -0.39 is 5.97 Å². The predicted octanol–water partition coefficient (Wildman–Crippen LogP) is 3.43. The molecule has 5 heteroatoms. The van der Waals surface area contributed by atoms with E-state index in [9.17, 15) is 4.79 Å². The molecule has 3 aromatic rings. The third-order valence-corrected chi connectivity index (χ3v) is 3.74. The maximum atomic E-state index is 11.0. The summed E-state index contributed by atoms with van der Waals surface area (Å²) in [5.74, 6) is -0.510. The van der Waals surface area contributed by atoms with Crippen LogP contribution in [0.25, 0.3) is 21.5 Å². The minimum Gasteiger partial charge on any atom is -0.478 e. The minimum absolute atomic E-state index is 0.251. The van der Waals surface area contributed by atoms with Crippen LogP contribution in [0, 0.1) is 0 Å². The van der Waals surface area contributed by atoms with Crippen LogP contribution in [-0.4, -0.2) is 16.1 Å². The van der Waals surface area contributed by atoms with Gasteiger partial charge in [-0.1, -0.05) is 22.0 Å². The van der Waals surface area contributed by atoms with Crippen molar-refractivity contribution in [2.45, 2.75) is 0 Å². The Labute approximate surface area is 117 Å².